The number of carbonyl (C=O) groups excluding carboxylic acids is 1. The fourth-order valence-electron chi connectivity index (χ4n) is 3.28. The number of hydrogen-bond donors (Lipinski definition) is 3. The molecule has 3 aliphatic heterocycles. The number of ether oxygens (including phenoxy) is 2. The molecule has 26 heavy (non-hydrogen) atoms. The molecule has 3 rings (SSSR count). The number of allylic oxidation sites excluding steroid dienone is 2. The number of rotatable bonds is 4. The van der Waals surface area contributed by atoms with Gasteiger partial charge in [0.25, 0.3) is 5.91 Å². The van der Waals surface area contributed by atoms with Gasteiger partial charge in [-0.25, -0.2) is 4.79 Å². The van der Waals surface area contributed by atoms with E-state index in [4.69, 9.17) is 9.47 Å². The summed E-state index contributed by atoms with van der Waals surface area (Å²) in [6.45, 7) is 6.42. The van der Waals surface area contributed by atoms with E-state index in [9.17, 15) is 14.7 Å². The number of hydrogen-bond acceptors (Lipinski definition) is 6. The molecule has 3 aliphatic rings. The lowest BCUT2D eigenvalue weighted by Gasteiger charge is -2.41. The summed E-state index contributed by atoms with van der Waals surface area (Å²) in [5.74, 6) is -1.25. The molecule has 0 bridgehead atoms. The minimum absolute atomic E-state index is 0.0129. The minimum atomic E-state index is -1.42. The smallest absolute Gasteiger partial charge is 0.334 e. The van der Waals surface area contributed by atoms with Crippen LogP contribution in [0.5, 0.6) is 0 Å². The molecule has 2 atom stereocenters. The van der Waals surface area contributed by atoms with Crippen molar-refractivity contribution in [3.8, 4) is 0 Å². The largest absolute Gasteiger partial charge is 0.478 e. The van der Waals surface area contributed by atoms with E-state index >= 15 is 0 Å². The third-order valence-corrected chi connectivity index (χ3v) is 5.29. The van der Waals surface area contributed by atoms with E-state index in [1.807, 2.05) is 13.8 Å². The van der Waals surface area contributed by atoms with E-state index in [1.54, 1.807) is 19.2 Å². The number of amidine groups is 1. The predicted octanol–water partition coefficient (Wildman–Crippen LogP) is 0.949. The van der Waals surface area contributed by atoms with Gasteiger partial charge in [-0.1, -0.05) is 13.8 Å². The first-order valence-corrected chi connectivity index (χ1v) is 8.85. The monoisotopic (exact) mass is 363 g/mol. The Labute approximate surface area is 152 Å². The Balaban J connectivity index is 2.13. The van der Waals surface area contributed by atoms with Crippen molar-refractivity contribution < 1.29 is 24.2 Å². The molecule has 0 saturated carbocycles. The molecule has 3 N–H and O–H groups in total. The van der Waals surface area contributed by atoms with E-state index in [-0.39, 0.29) is 23.2 Å². The molecule has 0 spiro atoms. The first-order chi connectivity index (χ1) is 12.3. The van der Waals surface area contributed by atoms with Gasteiger partial charge in [0.05, 0.1) is 5.57 Å². The molecule has 2 unspecified atom stereocenters. The van der Waals surface area contributed by atoms with E-state index in [0.29, 0.717) is 13.2 Å². The minimum Gasteiger partial charge on any atom is -0.478 e. The molecule has 0 aromatic carbocycles. The maximum absolute atomic E-state index is 12.6. The van der Waals surface area contributed by atoms with Gasteiger partial charge in [0.2, 0.25) is 0 Å². The number of aliphatic imine (C=N–C) groups is 1. The van der Waals surface area contributed by atoms with Crippen LogP contribution in [0.4, 0.5) is 0 Å². The summed E-state index contributed by atoms with van der Waals surface area (Å²) in [6, 6.07) is 0. The molecule has 0 aliphatic carbocycles. The molecule has 1 saturated heterocycles. The van der Waals surface area contributed by atoms with Crippen LogP contribution in [0.3, 0.4) is 0 Å². The number of nitrogens with zero attached hydrogens (tertiary/aromatic N) is 1. The van der Waals surface area contributed by atoms with E-state index in [2.05, 4.69) is 15.6 Å². The molecule has 0 radical (unpaired) electrons. The number of carboxylic acid groups (broad SMARTS) is 1. The van der Waals surface area contributed by atoms with Gasteiger partial charge in [-0.3, -0.25) is 9.79 Å². The quantitative estimate of drug-likeness (QED) is 0.686. The zero-order valence-corrected chi connectivity index (χ0v) is 15.2. The molecule has 1 fully saturated rings. The first-order valence-electron chi connectivity index (χ1n) is 8.85. The van der Waals surface area contributed by atoms with Crippen LogP contribution in [0.25, 0.3) is 0 Å². The van der Waals surface area contributed by atoms with Gasteiger partial charge in [-0.2, -0.15) is 0 Å². The van der Waals surface area contributed by atoms with Crippen molar-refractivity contribution >= 4 is 17.7 Å². The number of amides is 1. The summed E-state index contributed by atoms with van der Waals surface area (Å²) in [5, 5.41) is 15.7. The Hall–Kier alpha value is -2.19. The molecule has 1 amide bonds. The number of carboxylic acids is 1. The van der Waals surface area contributed by atoms with E-state index < -0.39 is 23.3 Å². The second-order valence-electron chi connectivity index (χ2n) is 7.19. The summed E-state index contributed by atoms with van der Waals surface area (Å²) in [7, 11) is 0. The van der Waals surface area contributed by atoms with Gasteiger partial charge >= 0.3 is 5.97 Å². The highest BCUT2D eigenvalue weighted by Crippen LogP contribution is 2.35. The van der Waals surface area contributed by atoms with Gasteiger partial charge in [-0.15, -0.1) is 0 Å². The maximum atomic E-state index is 12.6. The number of carbonyl (C=O) groups is 2. The summed E-state index contributed by atoms with van der Waals surface area (Å²) >= 11 is 0. The SMILES string of the molecule is CC(C)C1(C)N=C(C2(C3OCCCCO3)NC=CC=C2C(=O)O)NC1=O. The average Bonchev–Trinajstić information content (AvgIpc) is 2.80. The third-order valence-electron chi connectivity index (χ3n) is 5.29. The molecule has 142 valence electrons. The molecule has 8 heteroatoms. The summed E-state index contributed by atoms with van der Waals surface area (Å²) < 4.78 is 11.7. The van der Waals surface area contributed by atoms with Crippen LogP contribution in [-0.2, 0) is 19.1 Å². The van der Waals surface area contributed by atoms with Crippen LogP contribution in [-0.4, -0.2) is 53.4 Å². The lowest BCUT2D eigenvalue weighted by atomic mass is 9.84. The Bertz CT molecular complexity index is 691. The van der Waals surface area contributed by atoms with Crippen molar-refractivity contribution in [2.75, 3.05) is 13.2 Å². The highest BCUT2D eigenvalue weighted by atomic mass is 16.7. The standard InChI is InChI=1S/C18H25N3O5/c1-11(2)17(3)15(24)20-14(21-17)18(16-25-9-4-5-10-26-16)12(13(22)23)7-6-8-19-18/h6-8,11,16,19H,4-5,9-10H2,1-3H3,(H,22,23)(H,20,21,24). The number of dihydropyridines is 1. The van der Waals surface area contributed by atoms with Crippen molar-refractivity contribution in [1.82, 2.24) is 10.6 Å². The second kappa shape index (κ2) is 6.85. The second-order valence-corrected chi connectivity index (χ2v) is 7.19. The highest BCUT2D eigenvalue weighted by Gasteiger charge is 2.57. The summed E-state index contributed by atoms with van der Waals surface area (Å²) in [6.07, 6.45) is 5.40. The zero-order valence-electron chi connectivity index (χ0n) is 15.2. The summed E-state index contributed by atoms with van der Waals surface area (Å²) in [4.78, 5) is 29.3. The van der Waals surface area contributed by atoms with Crippen molar-refractivity contribution in [3.05, 3.63) is 23.9 Å². The van der Waals surface area contributed by atoms with E-state index in [1.165, 1.54) is 6.08 Å². The van der Waals surface area contributed by atoms with Gasteiger partial charge < -0.3 is 25.2 Å². The molecule has 0 aromatic heterocycles. The van der Waals surface area contributed by atoms with Crippen LogP contribution >= 0.6 is 0 Å². The molecular formula is C18H25N3O5. The molecule has 3 heterocycles. The lowest BCUT2D eigenvalue weighted by Crippen LogP contribution is -2.66. The van der Waals surface area contributed by atoms with E-state index in [0.717, 1.165) is 12.8 Å². The van der Waals surface area contributed by atoms with Crippen LogP contribution in [0, 0.1) is 5.92 Å². The Kier molecular flexibility index (Phi) is 4.90. The summed E-state index contributed by atoms with van der Waals surface area (Å²) in [5.41, 5.74) is -2.40. The van der Waals surface area contributed by atoms with Crippen LogP contribution in [0.15, 0.2) is 28.9 Å². The third kappa shape index (κ3) is 2.83. The van der Waals surface area contributed by atoms with Crippen molar-refractivity contribution in [1.29, 1.82) is 0 Å². The average molecular weight is 363 g/mol. The van der Waals surface area contributed by atoms with Gasteiger partial charge in [0.15, 0.2) is 11.8 Å². The van der Waals surface area contributed by atoms with Gasteiger partial charge in [-0.05, 0) is 44.0 Å². The van der Waals surface area contributed by atoms with Crippen LogP contribution in [0.1, 0.15) is 33.6 Å². The normalized spacial score (nSPS) is 32.5. The molecule has 8 nitrogen and oxygen atoms in total. The van der Waals surface area contributed by atoms with Crippen LogP contribution in [0.2, 0.25) is 0 Å². The van der Waals surface area contributed by atoms with Gasteiger partial charge in [0.1, 0.15) is 11.4 Å². The predicted molar refractivity (Wildman–Crippen MR) is 94.5 cm³/mol. The lowest BCUT2D eigenvalue weighted by molar-refractivity contribution is -0.156. The fraction of sp³-hybridized carbons (Fsp3) is 0.611. The number of nitrogens with one attached hydrogen (secondary N) is 2. The molecular weight excluding hydrogens is 338 g/mol. The Morgan fingerprint density at radius 1 is 1.35 bits per heavy atom. The highest BCUT2D eigenvalue weighted by molar-refractivity contribution is 6.16. The Morgan fingerprint density at radius 3 is 2.54 bits per heavy atom. The van der Waals surface area contributed by atoms with Gasteiger partial charge in [0, 0.05) is 13.2 Å². The first kappa shape index (κ1) is 18.6. The number of aliphatic carboxylic acids is 1. The van der Waals surface area contributed by atoms with Crippen molar-refractivity contribution in [2.45, 2.75) is 51.0 Å². The topological polar surface area (TPSA) is 109 Å². The fourth-order valence-corrected chi connectivity index (χ4v) is 3.28. The van der Waals surface area contributed by atoms with Crippen molar-refractivity contribution in [2.24, 2.45) is 10.9 Å². The molecule has 0 aromatic rings. The van der Waals surface area contributed by atoms with Crippen molar-refractivity contribution in [3.63, 3.8) is 0 Å². The zero-order chi connectivity index (χ0) is 18.9. The van der Waals surface area contributed by atoms with Crippen LogP contribution < -0.4 is 10.6 Å². The maximum Gasteiger partial charge on any atom is 0.334 e. The Morgan fingerprint density at radius 2 is 2.00 bits per heavy atom.